The second kappa shape index (κ2) is 7.87. The van der Waals surface area contributed by atoms with Crippen molar-refractivity contribution in [1.29, 1.82) is 0 Å². The Morgan fingerprint density at radius 3 is 2.39 bits per heavy atom. The maximum Gasteiger partial charge on any atom is 0.214 e. The van der Waals surface area contributed by atoms with E-state index in [1.54, 1.807) is 21.3 Å². The molecule has 5 rings (SSSR count). The zero-order valence-electron chi connectivity index (χ0n) is 17.7. The van der Waals surface area contributed by atoms with E-state index >= 15 is 0 Å². The highest BCUT2D eigenvalue weighted by Gasteiger charge is 2.41. The third-order valence-corrected chi connectivity index (χ3v) is 5.82. The molecule has 158 valence electrons. The molecule has 2 heterocycles. The van der Waals surface area contributed by atoms with E-state index in [2.05, 4.69) is 11.1 Å². The molecule has 3 aromatic carbocycles. The summed E-state index contributed by atoms with van der Waals surface area (Å²) in [5, 5.41) is 7.06. The Morgan fingerprint density at radius 1 is 0.871 bits per heavy atom. The van der Waals surface area contributed by atoms with Crippen LogP contribution in [0.1, 0.15) is 35.4 Å². The summed E-state index contributed by atoms with van der Waals surface area (Å²) in [6.45, 7) is 0. The molecule has 0 saturated heterocycles. The summed E-state index contributed by atoms with van der Waals surface area (Å²) in [5.41, 5.74) is 4.21. The molecule has 6 heteroatoms. The maximum atomic E-state index is 6.43. The van der Waals surface area contributed by atoms with Gasteiger partial charge in [-0.3, -0.25) is 0 Å². The third-order valence-electron chi connectivity index (χ3n) is 5.82. The van der Waals surface area contributed by atoms with Gasteiger partial charge in [0.05, 0.1) is 33.1 Å². The van der Waals surface area contributed by atoms with Gasteiger partial charge in [0.15, 0.2) is 11.5 Å². The fourth-order valence-electron chi connectivity index (χ4n) is 4.22. The minimum absolute atomic E-state index is 0.0974. The molecule has 0 aromatic heterocycles. The smallest absolute Gasteiger partial charge is 0.214 e. The summed E-state index contributed by atoms with van der Waals surface area (Å²) in [7, 11) is 4.94. The van der Waals surface area contributed by atoms with Gasteiger partial charge in [-0.05, 0) is 54.1 Å². The van der Waals surface area contributed by atoms with Crippen LogP contribution >= 0.6 is 0 Å². The summed E-state index contributed by atoms with van der Waals surface area (Å²) in [5.74, 6) is 3.06. The van der Waals surface area contributed by atoms with Crippen LogP contribution in [0.5, 0.6) is 23.0 Å². The lowest BCUT2D eigenvalue weighted by molar-refractivity contribution is -0.0191. The predicted molar refractivity (Wildman–Crippen MR) is 118 cm³/mol. The Bertz CT molecular complexity index is 1130. The van der Waals surface area contributed by atoms with E-state index in [0.29, 0.717) is 11.5 Å². The lowest BCUT2D eigenvalue weighted by atomic mass is 9.96. The van der Waals surface area contributed by atoms with E-state index in [-0.39, 0.29) is 12.3 Å². The molecule has 6 nitrogen and oxygen atoms in total. The second-order valence-electron chi connectivity index (χ2n) is 7.50. The Balaban J connectivity index is 1.56. The lowest BCUT2D eigenvalue weighted by Crippen LogP contribution is -2.33. The minimum atomic E-state index is -0.365. The van der Waals surface area contributed by atoms with Crippen LogP contribution in [-0.4, -0.2) is 32.0 Å². The fourth-order valence-corrected chi connectivity index (χ4v) is 4.22. The van der Waals surface area contributed by atoms with Crippen LogP contribution in [0.4, 0.5) is 0 Å². The van der Waals surface area contributed by atoms with Gasteiger partial charge in [0.25, 0.3) is 0 Å². The molecular weight excluding hydrogens is 392 g/mol. The molecular formula is C25H24N2O4. The van der Waals surface area contributed by atoms with Gasteiger partial charge < -0.3 is 18.9 Å². The van der Waals surface area contributed by atoms with Crippen LogP contribution in [0.2, 0.25) is 0 Å². The van der Waals surface area contributed by atoms with E-state index in [4.69, 9.17) is 24.0 Å². The van der Waals surface area contributed by atoms with Crippen LogP contribution in [0.15, 0.2) is 71.8 Å². The number of hydrogen-bond donors (Lipinski definition) is 0. The van der Waals surface area contributed by atoms with Gasteiger partial charge in [0, 0.05) is 17.5 Å². The van der Waals surface area contributed by atoms with Crippen molar-refractivity contribution in [3.05, 3.63) is 83.4 Å². The van der Waals surface area contributed by atoms with Crippen molar-refractivity contribution in [3.63, 3.8) is 0 Å². The zero-order valence-corrected chi connectivity index (χ0v) is 17.7. The van der Waals surface area contributed by atoms with Gasteiger partial charge in [0.1, 0.15) is 11.5 Å². The standard InChI is InChI=1S/C25H24N2O4/c1-28-18-11-8-16(9-12-18)20-15-21-19-6-4-5-7-22(19)31-25(27(21)26-20)17-10-13-23(29-2)24(14-17)30-3/h4-14,21,25H,15H2,1-3H3. The number of benzene rings is 3. The molecule has 0 bridgehead atoms. The summed E-state index contributed by atoms with van der Waals surface area (Å²) < 4.78 is 22.6. The van der Waals surface area contributed by atoms with Crippen molar-refractivity contribution in [2.75, 3.05) is 21.3 Å². The average molecular weight is 416 g/mol. The van der Waals surface area contributed by atoms with Gasteiger partial charge in [-0.15, -0.1) is 0 Å². The van der Waals surface area contributed by atoms with E-state index in [1.165, 1.54) is 0 Å². The van der Waals surface area contributed by atoms with Crippen LogP contribution < -0.4 is 18.9 Å². The van der Waals surface area contributed by atoms with Crippen LogP contribution in [0.3, 0.4) is 0 Å². The van der Waals surface area contributed by atoms with Gasteiger partial charge in [-0.2, -0.15) is 5.10 Å². The first kappa shape index (κ1) is 19.3. The molecule has 2 atom stereocenters. The highest BCUT2D eigenvalue weighted by molar-refractivity contribution is 6.02. The van der Waals surface area contributed by atoms with Gasteiger partial charge >= 0.3 is 0 Å². The van der Waals surface area contributed by atoms with E-state index in [9.17, 15) is 0 Å². The Morgan fingerprint density at radius 2 is 1.65 bits per heavy atom. The summed E-state index contributed by atoms with van der Waals surface area (Å²) >= 11 is 0. The second-order valence-corrected chi connectivity index (χ2v) is 7.50. The number of para-hydroxylation sites is 1. The predicted octanol–water partition coefficient (Wildman–Crippen LogP) is 4.95. The number of methoxy groups -OCH3 is 3. The topological polar surface area (TPSA) is 52.5 Å². The van der Waals surface area contributed by atoms with Crippen molar-refractivity contribution < 1.29 is 18.9 Å². The minimum Gasteiger partial charge on any atom is -0.497 e. The number of ether oxygens (including phenoxy) is 4. The van der Waals surface area contributed by atoms with Crippen molar-refractivity contribution in [2.45, 2.75) is 18.7 Å². The largest absolute Gasteiger partial charge is 0.497 e. The Hall–Kier alpha value is -3.67. The molecule has 0 radical (unpaired) electrons. The SMILES string of the molecule is COc1ccc(C2=NN3C(C2)c2ccccc2OC3c2ccc(OC)c(OC)c2)cc1. The molecule has 2 unspecified atom stereocenters. The third kappa shape index (κ3) is 3.34. The maximum absolute atomic E-state index is 6.43. The van der Waals surface area contributed by atoms with Crippen molar-refractivity contribution in [2.24, 2.45) is 5.10 Å². The van der Waals surface area contributed by atoms with Gasteiger partial charge in [-0.1, -0.05) is 18.2 Å². The first-order valence-electron chi connectivity index (χ1n) is 10.2. The number of hydrogen-bond acceptors (Lipinski definition) is 6. The van der Waals surface area contributed by atoms with Crippen molar-refractivity contribution in [1.82, 2.24) is 5.01 Å². The van der Waals surface area contributed by atoms with Crippen LogP contribution in [-0.2, 0) is 0 Å². The first-order valence-corrected chi connectivity index (χ1v) is 10.2. The van der Waals surface area contributed by atoms with Gasteiger partial charge in [0.2, 0.25) is 6.23 Å². The molecule has 2 aliphatic heterocycles. The monoisotopic (exact) mass is 416 g/mol. The van der Waals surface area contributed by atoms with Crippen molar-refractivity contribution >= 4 is 5.71 Å². The van der Waals surface area contributed by atoms with E-state index in [1.807, 2.05) is 60.7 Å². The van der Waals surface area contributed by atoms with E-state index in [0.717, 1.165) is 40.3 Å². The van der Waals surface area contributed by atoms with Crippen molar-refractivity contribution in [3.8, 4) is 23.0 Å². The number of nitrogens with zero attached hydrogens (tertiary/aromatic N) is 2. The molecule has 0 aliphatic carbocycles. The number of hydrazone groups is 1. The van der Waals surface area contributed by atoms with Crippen LogP contribution in [0.25, 0.3) is 0 Å². The number of fused-ring (bicyclic) bond motifs is 3. The molecule has 0 spiro atoms. The quantitative estimate of drug-likeness (QED) is 0.589. The number of rotatable bonds is 5. The molecule has 0 saturated carbocycles. The zero-order chi connectivity index (χ0) is 21.4. The highest BCUT2D eigenvalue weighted by Crippen LogP contribution is 2.48. The summed E-state index contributed by atoms with van der Waals surface area (Å²) in [6.07, 6.45) is 0.437. The van der Waals surface area contributed by atoms with Gasteiger partial charge in [-0.25, -0.2) is 5.01 Å². The molecule has 31 heavy (non-hydrogen) atoms. The molecule has 0 N–H and O–H groups in total. The lowest BCUT2D eigenvalue weighted by Gasteiger charge is -2.38. The van der Waals surface area contributed by atoms with E-state index < -0.39 is 0 Å². The molecule has 2 aliphatic rings. The summed E-state index contributed by atoms with van der Waals surface area (Å²) in [4.78, 5) is 0. The molecule has 0 fully saturated rings. The summed E-state index contributed by atoms with van der Waals surface area (Å²) in [6, 6.07) is 22.2. The van der Waals surface area contributed by atoms with Crippen LogP contribution in [0, 0.1) is 0 Å². The highest BCUT2D eigenvalue weighted by atomic mass is 16.5. The first-order chi connectivity index (χ1) is 15.2. The Kier molecular flexibility index (Phi) is 4.90. The Labute approximate surface area is 181 Å². The molecule has 0 amide bonds. The normalized spacial score (nSPS) is 19.1. The average Bonchev–Trinajstić information content (AvgIpc) is 3.29. The fraction of sp³-hybridized carbons (Fsp3) is 0.240. The molecule has 3 aromatic rings.